The first-order chi connectivity index (χ1) is 7.83. The van der Waals surface area contributed by atoms with E-state index >= 15 is 0 Å². The van der Waals surface area contributed by atoms with Crippen molar-refractivity contribution in [3.8, 4) is 0 Å². The third kappa shape index (κ3) is 11.4. The van der Waals surface area contributed by atoms with E-state index in [1.807, 2.05) is 11.8 Å². The second kappa shape index (κ2) is 9.71. The fourth-order valence-electron chi connectivity index (χ4n) is 0.672. The topological polar surface area (TPSA) is 18.5 Å². The maximum Gasteiger partial charge on any atom is 0.248 e. The summed E-state index contributed by atoms with van der Waals surface area (Å²) in [4.78, 5) is 0. The van der Waals surface area contributed by atoms with Crippen LogP contribution in [0.15, 0.2) is 0 Å². The minimum Gasteiger partial charge on any atom is -0.320 e. The largest absolute Gasteiger partial charge is 0.320 e. The summed E-state index contributed by atoms with van der Waals surface area (Å²) >= 11 is 20.0. The van der Waals surface area contributed by atoms with E-state index in [-0.39, 0.29) is 4.75 Å². The van der Waals surface area contributed by atoms with E-state index in [9.17, 15) is 0 Å². The lowest BCUT2D eigenvalue weighted by Crippen LogP contribution is -2.07. The Kier molecular flexibility index (Phi) is 10.8. The van der Waals surface area contributed by atoms with Crippen molar-refractivity contribution in [1.29, 1.82) is 0 Å². The van der Waals surface area contributed by atoms with Crippen LogP contribution in [0.2, 0.25) is 0 Å². The molecule has 0 rings (SSSR count). The zero-order valence-electron chi connectivity index (χ0n) is 10.3. The lowest BCUT2D eigenvalue weighted by molar-refractivity contribution is 0.283. The van der Waals surface area contributed by atoms with Crippen LogP contribution in [0.1, 0.15) is 20.8 Å². The number of halogens is 2. The molecular formula is C9H19Cl2O2PS3. The summed E-state index contributed by atoms with van der Waals surface area (Å²) in [6, 6.07) is 0. The molecule has 0 aliphatic heterocycles. The van der Waals surface area contributed by atoms with Gasteiger partial charge in [-0.1, -0.05) is 32.2 Å². The van der Waals surface area contributed by atoms with Crippen molar-refractivity contribution in [3.63, 3.8) is 0 Å². The summed E-state index contributed by atoms with van der Waals surface area (Å²) in [5.74, 6) is 0.852. The van der Waals surface area contributed by atoms with Crippen LogP contribution in [0.5, 0.6) is 0 Å². The van der Waals surface area contributed by atoms with E-state index in [1.54, 1.807) is 11.4 Å². The molecule has 0 aliphatic carbocycles. The van der Waals surface area contributed by atoms with Gasteiger partial charge in [0.1, 0.15) is 0 Å². The Morgan fingerprint density at radius 3 is 1.94 bits per heavy atom. The van der Waals surface area contributed by atoms with Crippen LogP contribution in [0.3, 0.4) is 0 Å². The van der Waals surface area contributed by atoms with Gasteiger partial charge in [0.25, 0.3) is 0 Å². The minimum atomic E-state index is -2.28. The molecule has 0 radical (unpaired) electrons. The smallest absolute Gasteiger partial charge is 0.248 e. The fourth-order valence-corrected chi connectivity index (χ4v) is 8.18. The zero-order valence-corrected chi connectivity index (χ0v) is 15.1. The maximum absolute atomic E-state index is 5.60. The van der Waals surface area contributed by atoms with Gasteiger partial charge in [0.05, 0.1) is 13.2 Å². The average Bonchev–Trinajstić information content (AvgIpc) is 2.22. The van der Waals surface area contributed by atoms with E-state index < -0.39 is 5.69 Å². The van der Waals surface area contributed by atoms with E-state index in [0.29, 0.717) is 25.0 Å². The number of hydrogen-bond donors (Lipinski definition) is 0. The van der Waals surface area contributed by atoms with E-state index in [2.05, 4.69) is 20.8 Å². The van der Waals surface area contributed by atoms with Gasteiger partial charge in [0.2, 0.25) is 5.69 Å². The average molecular weight is 357 g/mol. The Bertz CT molecular complexity index is 237. The third-order valence-electron chi connectivity index (χ3n) is 1.36. The highest BCUT2D eigenvalue weighted by molar-refractivity contribution is 8.69. The van der Waals surface area contributed by atoms with Gasteiger partial charge in [-0.15, -0.1) is 35.0 Å². The molecule has 0 aromatic heterocycles. The Labute approximate surface area is 128 Å². The zero-order chi connectivity index (χ0) is 13.4. The first kappa shape index (κ1) is 18.9. The monoisotopic (exact) mass is 356 g/mol. The van der Waals surface area contributed by atoms with Gasteiger partial charge in [0, 0.05) is 21.6 Å². The van der Waals surface area contributed by atoms with Gasteiger partial charge in [0.15, 0.2) is 0 Å². The third-order valence-corrected chi connectivity index (χ3v) is 8.85. The molecule has 0 saturated carbocycles. The summed E-state index contributed by atoms with van der Waals surface area (Å²) in [7, 11) is 0. The van der Waals surface area contributed by atoms with Crippen LogP contribution >= 0.6 is 52.0 Å². The Balaban J connectivity index is 4.13. The molecule has 0 aromatic carbocycles. The summed E-state index contributed by atoms with van der Waals surface area (Å²) in [5, 5.41) is 0.853. The number of alkyl halides is 2. The molecule has 0 aliphatic rings. The molecule has 0 spiro atoms. The van der Waals surface area contributed by atoms with Crippen LogP contribution in [-0.2, 0) is 20.9 Å². The predicted molar refractivity (Wildman–Crippen MR) is 87.4 cm³/mol. The van der Waals surface area contributed by atoms with Crippen LogP contribution in [0, 0.1) is 0 Å². The normalized spacial score (nSPS) is 13.0. The van der Waals surface area contributed by atoms with Crippen LogP contribution in [-0.4, -0.2) is 34.8 Å². The second-order valence-electron chi connectivity index (χ2n) is 4.00. The van der Waals surface area contributed by atoms with Crippen LogP contribution < -0.4 is 0 Å². The first-order valence-electron chi connectivity index (χ1n) is 5.12. The van der Waals surface area contributed by atoms with Crippen molar-refractivity contribution < 1.29 is 9.05 Å². The SMILES string of the molecule is CC(C)(C)SCSP(=S)(OCCCl)OCCCl. The van der Waals surface area contributed by atoms with E-state index in [1.165, 1.54) is 0 Å². The van der Waals surface area contributed by atoms with Crippen molar-refractivity contribution in [3.05, 3.63) is 0 Å². The molecule has 0 bridgehead atoms. The van der Waals surface area contributed by atoms with E-state index in [4.69, 9.17) is 44.1 Å². The first-order valence-corrected chi connectivity index (χ1v) is 11.4. The molecule has 2 nitrogen and oxygen atoms in total. The van der Waals surface area contributed by atoms with Crippen molar-refractivity contribution in [2.75, 3.05) is 30.1 Å². The number of thioether (sulfide) groups is 1. The molecule has 0 fully saturated rings. The van der Waals surface area contributed by atoms with Gasteiger partial charge < -0.3 is 9.05 Å². The molecule has 104 valence electrons. The molecule has 0 N–H and O–H groups in total. The summed E-state index contributed by atoms with van der Waals surface area (Å²) < 4.78 is 11.3. The molecule has 0 aromatic rings. The predicted octanol–water partition coefficient (Wildman–Crippen LogP) is 4.94. The molecule has 17 heavy (non-hydrogen) atoms. The Hall–Kier alpha value is 1.85. The summed E-state index contributed by atoms with van der Waals surface area (Å²) in [5.41, 5.74) is -2.28. The van der Waals surface area contributed by atoms with Crippen molar-refractivity contribution in [2.45, 2.75) is 25.5 Å². The molecule has 0 amide bonds. The van der Waals surface area contributed by atoms with Gasteiger partial charge in [-0.25, -0.2) is 0 Å². The van der Waals surface area contributed by atoms with Gasteiger partial charge in [-0.2, -0.15) is 0 Å². The van der Waals surface area contributed by atoms with Crippen LogP contribution in [0.4, 0.5) is 0 Å². The lowest BCUT2D eigenvalue weighted by atomic mass is 10.3. The second-order valence-corrected chi connectivity index (χ2v) is 13.2. The van der Waals surface area contributed by atoms with Crippen molar-refractivity contribution in [2.24, 2.45) is 0 Å². The highest BCUT2D eigenvalue weighted by Gasteiger charge is 2.21. The van der Waals surface area contributed by atoms with Crippen molar-refractivity contribution >= 4 is 63.8 Å². The maximum atomic E-state index is 5.60. The Morgan fingerprint density at radius 1 is 1.12 bits per heavy atom. The number of hydrogen-bond acceptors (Lipinski definition) is 5. The standard InChI is InChI=1S/C9H19Cl2O2PS3/c1-9(2,3)16-8-17-14(15,12-6-4-10)13-7-5-11/h4-8H2,1-3H3. The quantitative estimate of drug-likeness (QED) is 0.329. The summed E-state index contributed by atoms with van der Waals surface area (Å²) in [6.07, 6.45) is 0. The van der Waals surface area contributed by atoms with E-state index in [0.717, 1.165) is 5.08 Å². The van der Waals surface area contributed by atoms with Gasteiger partial charge in [-0.05, 0) is 11.8 Å². The molecule has 0 atom stereocenters. The number of rotatable bonds is 9. The minimum absolute atomic E-state index is 0.214. The van der Waals surface area contributed by atoms with Crippen LogP contribution in [0.25, 0.3) is 0 Å². The molecule has 0 saturated heterocycles. The molecule has 0 heterocycles. The lowest BCUT2D eigenvalue weighted by Gasteiger charge is -2.23. The molecular weight excluding hydrogens is 338 g/mol. The van der Waals surface area contributed by atoms with Crippen molar-refractivity contribution in [1.82, 2.24) is 0 Å². The fraction of sp³-hybridized carbons (Fsp3) is 1.00. The highest BCUT2D eigenvalue weighted by Crippen LogP contribution is 2.62. The van der Waals surface area contributed by atoms with Gasteiger partial charge >= 0.3 is 0 Å². The molecule has 8 heteroatoms. The highest BCUT2D eigenvalue weighted by atomic mass is 35.5. The van der Waals surface area contributed by atoms with Gasteiger partial charge in [-0.3, -0.25) is 0 Å². The molecule has 0 unspecified atom stereocenters. The Morgan fingerprint density at radius 2 is 1.59 bits per heavy atom. The summed E-state index contributed by atoms with van der Waals surface area (Å²) in [6.45, 7) is 7.35.